The van der Waals surface area contributed by atoms with Crippen molar-refractivity contribution in [2.45, 2.75) is 70.8 Å². The summed E-state index contributed by atoms with van der Waals surface area (Å²) in [7, 11) is 0. The molecule has 1 atom stereocenters. The Morgan fingerprint density at radius 1 is 0.975 bits per heavy atom. The number of nitrogens with zero attached hydrogens (tertiary/aromatic N) is 2. The van der Waals surface area contributed by atoms with Gasteiger partial charge in [0.25, 0.3) is 5.60 Å². The highest BCUT2D eigenvalue weighted by Gasteiger charge is 2.73. The maximum Gasteiger partial charge on any atom is 0.430 e. The molecule has 0 unspecified atom stereocenters. The molecule has 5 nitrogen and oxygen atoms in total. The lowest BCUT2D eigenvalue weighted by Gasteiger charge is -2.42. The van der Waals surface area contributed by atoms with E-state index in [0.29, 0.717) is 12.2 Å². The minimum absolute atomic E-state index is 0.166. The Balaban J connectivity index is 2.01. The largest absolute Gasteiger partial charge is 0.444 e. The first kappa shape index (κ1) is 31.3. The molecule has 1 heterocycles. The highest BCUT2D eigenvalue weighted by molar-refractivity contribution is 5.71. The summed E-state index contributed by atoms with van der Waals surface area (Å²) in [5.41, 5.74) is -5.52. The quantitative estimate of drug-likeness (QED) is 0.333. The van der Waals surface area contributed by atoms with Crippen LogP contribution in [0.4, 0.5) is 36.8 Å². The zero-order valence-electron chi connectivity index (χ0n) is 23.1. The van der Waals surface area contributed by atoms with Crippen molar-refractivity contribution in [2.75, 3.05) is 24.5 Å². The molecule has 40 heavy (non-hydrogen) atoms. The Morgan fingerprint density at radius 2 is 1.60 bits per heavy atom. The van der Waals surface area contributed by atoms with Crippen LogP contribution in [-0.4, -0.2) is 54.6 Å². The summed E-state index contributed by atoms with van der Waals surface area (Å²) in [5.74, 6) is 0. The lowest BCUT2D eigenvalue weighted by atomic mass is 9.89. The monoisotopic (exact) mass is 572 g/mol. The van der Waals surface area contributed by atoms with Gasteiger partial charge in [-0.1, -0.05) is 48.6 Å². The van der Waals surface area contributed by atoms with Crippen LogP contribution in [0, 0.1) is 0 Å². The molecule has 0 radical (unpaired) electrons. The third kappa shape index (κ3) is 6.74. The van der Waals surface area contributed by atoms with Gasteiger partial charge in [-0.3, -0.25) is 0 Å². The molecule has 2 aromatic carbocycles. The van der Waals surface area contributed by atoms with Crippen LogP contribution in [-0.2, 0) is 21.7 Å². The fourth-order valence-corrected chi connectivity index (χ4v) is 4.66. The van der Waals surface area contributed by atoms with Crippen LogP contribution < -0.4 is 4.90 Å². The van der Waals surface area contributed by atoms with E-state index in [-0.39, 0.29) is 30.3 Å². The first-order valence-corrected chi connectivity index (χ1v) is 12.8. The molecule has 220 valence electrons. The number of rotatable bonds is 6. The molecular weight excluding hydrogens is 538 g/mol. The molecule has 1 aliphatic heterocycles. The van der Waals surface area contributed by atoms with Crippen molar-refractivity contribution >= 4 is 17.9 Å². The Hall–Kier alpha value is -3.21. The number of ether oxygens (including phenoxy) is 2. The predicted octanol–water partition coefficient (Wildman–Crippen LogP) is 7.70. The molecule has 3 rings (SSSR count). The average Bonchev–Trinajstić information content (AvgIpc) is 2.83. The molecule has 0 aromatic heterocycles. The number of halogens is 6. The molecule has 11 heteroatoms. The van der Waals surface area contributed by atoms with E-state index in [1.54, 1.807) is 33.8 Å². The van der Waals surface area contributed by atoms with E-state index < -0.39 is 41.8 Å². The van der Waals surface area contributed by atoms with Gasteiger partial charge in [0.2, 0.25) is 0 Å². The number of hydrogen-bond acceptors (Lipinski definition) is 4. The minimum Gasteiger partial charge on any atom is -0.444 e. The van der Waals surface area contributed by atoms with Crippen LogP contribution in [0.15, 0.2) is 54.6 Å². The summed E-state index contributed by atoms with van der Waals surface area (Å²) in [6.45, 7) is 8.63. The van der Waals surface area contributed by atoms with Gasteiger partial charge in [0.1, 0.15) is 5.60 Å². The lowest BCUT2D eigenvalue weighted by molar-refractivity contribution is -0.392. The van der Waals surface area contributed by atoms with Gasteiger partial charge in [0.05, 0.1) is 6.61 Å². The number of amides is 1. The third-order valence-electron chi connectivity index (χ3n) is 6.47. The second kappa shape index (κ2) is 11.7. The maximum atomic E-state index is 14.4. The zero-order valence-corrected chi connectivity index (χ0v) is 23.1. The van der Waals surface area contributed by atoms with E-state index >= 15 is 0 Å². The number of benzene rings is 2. The van der Waals surface area contributed by atoms with Crippen LogP contribution in [0.5, 0.6) is 0 Å². The number of carbonyl (C=O) groups is 1. The van der Waals surface area contributed by atoms with Gasteiger partial charge >= 0.3 is 18.4 Å². The van der Waals surface area contributed by atoms with Crippen molar-refractivity contribution in [3.8, 4) is 0 Å². The Labute approximate surface area is 230 Å². The van der Waals surface area contributed by atoms with Gasteiger partial charge in [0, 0.05) is 36.9 Å². The summed E-state index contributed by atoms with van der Waals surface area (Å²) in [6, 6.07) is 10.1. The topological polar surface area (TPSA) is 42.0 Å². The second-order valence-electron chi connectivity index (χ2n) is 10.7. The van der Waals surface area contributed by atoms with E-state index in [4.69, 9.17) is 9.47 Å². The van der Waals surface area contributed by atoms with Gasteiger partial charge in [-0.25, -0.2) is 4.79 Å². The summed E-state index contributed by atoms with van der Waals surface area (Å²) < 4.78 is 96.7. The number of hydrogen-bond donors (Lipinski definition) is 0. The van der Waals surface area contributed by atoms with Crippen molar-refractivity contribution < 1.29 is 40.6 Å². The zero-order chi connectivity index (χ0) is 29.9. The molecule has 0 spiro atoms. The van der Waals surface area contributed by atoms with Crippen LogP contribution in [0.25, 0.3) is 6.08 Å². The van der Waals surface area contributed by atoms with E-state index in [1.807, 2.05) is 11.8 Å². The molecule has 1 amide bonds. The van der Waals surface area contributed by atoms with E-state index in [9.17, 15) is 31.1 Å². The fourth-order valence-electron chi connectivity index (χ4n) is 4.66. The smallest absolute Gasteiger partial charge is 0.430 e. The van der Waals surface area contributed by atoms with Crippen LogP contribution >= 0.6 is 0 Å². The molecule has 0 aliphatic carbocycles. The standard InChI is InChI=1S/C29H34F6N2O3/c1-6-10-22-17-23(27(28(30,31)32,29(33,34)35)39-19-21-11-8-7-9-12-21)13-14-24(22)37-16-15-36(18-20(37)2)25(38)40-26(3,4)5/h6-14,17,20H,15-16,18-19H2,1-5H3/t20-/m0/s1. The van der Waals surface area contributed by atoms with Crippen molar-refractivity contribution in [1.29, 1.82) is 0 Å². The highest BCUT2D eigenvalue weighted by atomic mass is 19.4. The summed E-state index contributed by atoms with van der Waals surface area (Å²) in [4.78, 5) is 15.9. The minimum atomic E-state index is -5.80. The number of allylic oxidation sites excluding steroid dienone is 1. The molecule has 1 aliphatic rings. The summed E-state index contributed by atoms with van der Waals surface area (Å²) in [5, 5.41) is 0. The molecule has 1 saturated heterocycles. The van der Waals surface area contributed by atoms with E-state index in [1.165, 1.54) is 47.4 Å². The fraction of sp³-hybridized carbons (Fsp3) is 0.483. The second-order valence-corrected chi connectivity index (χ2v) is 10.7. The SMILES string of the molecule is CC=Cc1cc(C(OCc2ccccc2)(C(F)(F)F)C(F)(F)F)ccc1N1CCN(C(=O)OC(C)(C)C)C[C@@H]1C. The first-order valence-electron chi connectivity index (χ1n) is 12.8. The van der Waals surface area contributed by atoms with Crippen molar-refractivity contribution in [2.24, 2.45) is 0 Å². The first-order chi connectivity index (χ1) is 18.5. The van der Waals surface area contributed by atoms with Crippen LogP contribution in [0.1, 0.15) is 51.3 Å². The molecule has 0 saturated carbocycles. The number of carbonyl (C=O) groups excluding carboxylic acids is 1. The predicted molar refractivity (Wildman–Crippen MR) is 141 cm³/mol. The van der Waals surface area contributed by atoms with E-state index in [2.05, 4.69) is 0 Å². The third-order valence-corrected chi connectivity index (χ3v) is 6.47. The Morgan fingerprint density at radius 3 is 2.12 bits per heavy atom. The van der Waals surface area contributed by atoms with Gasteiger partial charge in [-0.2, -0.15) is 26.3 Å². The number of piperazine rings is 1. The molecule has 2 aromatic rings. The van der Waals surface area contributed by atoms with Gasteiger partial charge in [0.15, 0.2) is 0 Å². The molecule has 0 bridgehead atoms. The van der Waals surface area contributed by atoms with Crippen LogP contribution in [0.3, 0.4) is 0 Å². The average molecular weight is 573 g/mol. The molecule has 1 fully saturated rings. The van der Waals surface area contributed by atoms with Gasteiger partial charge < -0.3 is 19.3 Å². The lowest BCUT2D eigenvalue weighted by Crippen LogP contribution is -2.56. The van der Waals surface area contributed by atoms with Crippen molar-refractivity contribution in [1.82, 2.24) is 4.90 Å². The number of anilines is 1. The summed E-state index contributed by atoms with van der Waals surface area (Å²) >= 11 is 0. The van der Waals surface area contributed by atoms with Crippen LogP contribution in [0.2, 0.25) is 0 Å². The Kier molecular flexibility index (Phi) is 9.18. The molecule has 0 N–H and O–H groups in total. The maximum absolute atomic E-state index is 14.4. The van der Waals surface area contributed by atoms with Gasteiger partial charge in [-0.05, 0) is 57.9 Å². The molecular formula is C29H34F6N2O3. The van der Waals surface area contributed by atoms with E-state index in [0.717, 1.165) is 12.1 Å². The normalized spacial score (nSPS) is 17.4. The Bertz CT molecular complexity index is 1170. The summed E-state index contributed by atoms with van der Waals surface area (Å²) in [6.07, 6.45) is -9.10. The highest BCUT2D eigenvalue weighted by Crippen LogP contribution is 2.54. The number of alkyl halides is 6. The van der Waals surface area contributed by atoms with Crippen molar-refractivity contribution in [3.05, 3.63) is 71.3 Å². The van der Waals surface area contributed by atoms with Gasteiger partial charge in [-0.15, -0.1) is 0 Å². The van der Waals surface area contributed by atoms with Crippen molar-refractivity contribution in [3.63, 3.8) is 0 Å².